The second-order valence-corrected chi connectivity index (χ2v) is 2.71. The van der Waals surface area contributed by atoms with E-state index < -0.39 is 5.97 Å². The van der Waals surface area contributed by atoms with Crippen LogP contribution in [0.3, 0.4) is 0 Å². The fraction of sp³-hybridized carbons (Fsp3) is 0.750. The summed E-state index contributed by atoms with van der Waals surface area (Å²) in [4.78, 5) is 21.0. The van der Waals surface area contributed by atoms with Crippen LogP contribution < -0.4 is 0 Å². The summed E-state index contributed by atoms with van der Waals surface area (Å²) in [6.45, 7) is 3.78. The van der Waals surface area contributed by atoms with Gasteiger partial charge in [0.2, 0.25) is 0 Å². The molecule has 0 fully saturated rings. The molecule has 0 radical (unpaired) electrons. The van der Waals surface area contributed by atoms with E-state index in [0.717, 1.165) is 0 Å². The second-order valence-electron chi connectivity index (χ2n) is 2.71. The zero-order valence-corrected chi connectivity index (χ0v) is 7.37. The maximum atomic E-state index is 10.8. The average Bonchev–Trinajstić information content (AvgIpc) is 1.84. The highest BCUT2D eigenvalue weighted by atomic mass is 16.5. The third kappa shape index (κ3) is 5.70. The number of rotatable bonds is 5. The minimum absolute atomic E-state index is 0.0127. The maximum Gasteiger partial charge on any atom is 0.306 e. The third-order valence-corrected chi connectivity index (χ3v) is 1.34. The van der Waals surface area contributed by atoms with Crippen LogP contribution in [0.2, 0.25) is 0 Å². The molecule has 0 aromatic heterocycles. The van der Waals surface area contributed by atoms with Crippen LogP contribution in [0, 0.1) is 5.92 Å². The summed E-state index contributed by atoms with van der Waals surface area (Å²) in [5, 5.41) is 8.37. The molecule has 0 saturated carbocycles. The van der Waals surface area contributed by atoms with Crippen molar-refractivity contribution < 1.29 is 19.4 Å². The van der Waals surface area contributed by atoms with Crippen LogP contribution in [0.1, 0.15) is 26.7 Å². The SMILES string of the molecule is CCOC(=O)C[C@H](C)CC(=O)O. The Bertz CT molecular complexity index is 164. The number of carboxylic acid groups (broad SMARTS) is 1. The van der Waals surface area contributed by atoms with Gasteiger partial charge in [-0.3, -0.25) is 9.59 Å². The van der Waals surface area contributed by atoms with E-state index in [0.29, 0.717) is 6.61 Å². The van der Waals surface area contributed by atoms with E-state index in [4.69, 9.17) is 5.11 Å². The van der Waals surface area contributed by atoms with Gasteiger partial charge >= 0.3 is 11.9 Å². The Morgan fingerprint density at radius 3 is 2.42 bits per heavy atom. The molecule has 0 bridgehead atoms. The molecule has 0 saturated heterocycles. The topological polar surface area (TPSA) is 63.6 Å². The highest BCUT2D eigenvalue weighted by molar-refractivity contribution is 5.72. The molecule has 0 unspecified atom stereocenters. The van der Waals surface area contributed by atoms with Gasteiger partial charge in [0, 0.05) is 12.8 Å². The molecule has 70 valence electrons. The standard InChI is InChI=1S/C8H14O4/c1-3-12-8(11)5-6(2)4-7(9)10/h6H,3-5H2,1-2H3,(H,9,10)/t6-/m1/s1. The smallest absolute Gasteiger partial charge is 0.306 e. The predicted molar refractivity (Wildman–Crippen MR) is 42.7 cm³/mol. The molecule has 0 aromatic rings. The Morgan fingerprint density at radius 1 is 1.42 bits per heavy atom. The van der Waals surface area contributed by atoms with Crippen molar-refractivity contribution in [2.45, 2.75) is 26.7 Å². The predicted octanol–water partition coefficient (Wildman–Crippen LogP) is 1.05. The van der Waals surface area contributed by atoms with E-state index >= 15 is 0 Å². The molecule has 0 aliphatic heterocycles. The van der Waals surface area contributed by atoms with Crippen molar-refractivity contribution in [1.82, 2.24) is 0 Å². The number of hydrogen-bond donors (Lipinski definition) is 1. The molecular formula is C8H14O4. The van der Waals surface area contributed by atoms with Crippen molar-refractivity contribution in [3.05, 3.63) is 0 Å². The molecule has 12 heavy (non-hydrogen) atoms. The lowest BCUT2D eigenvalue weighted by molar-refractivity contribution is -0.144. The lowest BCUT2D eigenvalue weighted by Gasteiger charge is -2.06. The zero-order chi connectivity index (χ0) is 9.56. The van der Waals surface area contributed by atoms with E-state index in [9.17, 15) is 9.59 Å². The van der Waals surface area contributed by atoms with Gasteiger partial charge in [-0.25, -0.2) is 0 Å². The van der Waals surface area contributed by atoms with Crippen LogP contribution in [0.4, 0.5) is 0 Å². The van der Waals surface area contributed by atoms with Gasteiger partial charge in [0.1, 0.15) is 0 Å². The quantitative estimate of drug-likeness (QED) is 0.633. The maximum absolute atomic E-state index is 10.8. The summed E-state index contributed by atoms with van der Waals surface area (Å²) in [5.74, 6) is -1.36. The first kappa shape index (κ1) is 10.9. The molecule has 0 rings (SSSR count). The molecule has 1 N–H and O–H groups in total. The Balaban J connectivity index is 3.61. The van der Waals surface area contributed by atoms with Gasteiger partial charge in [-0.05, 0) is 12.8 Å². The van der Waals surface area contributed by atoms with Gasteiger partial charge < -0.3 is 9.84 Å². The van der Waals surface area contributed by atoms with Crippen LogP contribution in [0.25, 0.3) is 0 Å². The van der Waals surface area contributed by atoms with Gasteiger partial charge in [0.25, 0.3) is 0 Å². The van der Waals surface area contributed by atoms with Crippen molar-refractivity contribution in [1.29, 1.82) is 0 Å². The Labute approximate surface area is 71.5 Å². The van der Waals surface area contributed by atoms with Crippen molar-refractivity contribution >= 4 is 11.9 Å². The number of carboxylic acids is 1. The van der Waals surface area contributed by atoms with Crippen molar-refractivity contribution in [3.63, 3.8) is 0 Å². The largest absolute Gasteiger partial charge is 0.481 e. The van der Waals surface area contributed by atoms with E-state index in [2.05, 4.69) is 4.74 Å². The monoisotopic (exact) mass is 174 g/mol. The number of ether oxygens (including phenoxy) is 1. The second kappa shape index (κ2) is 5.57. The fourth-order valence-electron chi connectivity index (χ4n) is 0.875. The van der Waals surface area contributed by atoms with Crippen LogP contribution in [-0.2, 0) is 14.3 Å². The third-order valence-electron chi connectivity index (χ3n) is 1.34. The first-order chi connectivity index (χ1) is 5.56. The molecule has 0 aliphatic rings. The molecule has 0 amide bonds. The average molecular weight is 174 g/mol. The summed E-state index contributed by atoms with van der Waals surface area (Å²) in [6, 6.07) is 0. The molecular weight excluding hydrogens is 160 g/mol. The summed E-state index contributed by atoms with van der Waals surface area (Å²) < 4.78 is 4.66. The van der Waals surface area contributed by atoms with Gasteiger partial charge in [-0.2, -0.15) is 0 Å². The number of esters is 1. The first-order valence-electron chi connectivity index (χ1n) is 3.93. The van der Waals surface area contributed by atoms with E-state index in [1.165, 1.54) is 0 Å². The van der Waals surface area contributed by atoms with Crippen LogP contribution in [0.15, 0.2) is 0 Å². The number of aliphatic carboxylic acids is 1. The Morgan fingerprint density at radius 2 is 2.00 bits per heavy atom. The Kier molecular flexibility index (Phi) is 5.08. The number of carbonyl (C=O) groups excluding carboxylic acids is 1. The molecule has 4 nitrogen and oxygen atoms in total. The summed E-state index contributed by atoms with van der Waals surface area (Å²) in [6.07, 6.45) is 0.193. The van der Waals surface area contributed by atoms with Crippen molar-refractivity contribution in [2.24, 2.45) is 5.92 Å². The van der Waals surface area contributed by atoms with Crippen LogP contribution in [-0.4, -0.2) is 23.7 Å². The van der Waals surface area contributed by atoms with Crippen LogP contribution in [0.5, 0.6) is 0 Å². The van der Waals surface area contributed by atoms with Crippen LogP contribution >= 0.6 is 0 Å². The summed E-state index contributed by atoms with van der Waals surface area (Å²) in [5.41, 5.74) is 0. The highest BCUT2D eigenvalue weighted by Gasteiger charge is 2.12. The first-order valence-corrected chi connectivity index (χ1v) is 3.93. The summed E-state index contributed by atoms with van der Waals surface area (Å²) >= 11 is 0. The fourth-order valence-corrected chi connectivity index (χ4v) is 0.875. The van der Waals surface area contributed by atoms with Gasteiger partial charge in [-0.15, -0.1) is 0 Å². The minimum Gasteiger partial charge on any atom is -0.481 e. The normalized spacial score (nSPS) is 12.2. The van der Waals surface area contributed by atoms with E-state index in [-0.39, 0.29) is 24.7 Å². The highest BCUT2D eigenvalue weighted by Crippen LogP contribution is 2.07. The lowest BCUT2D eigenvalue weighted by Crippen LogP contribution is -2.12. The molecule has 0 spiro atoms. The number of carbonyl (C=O) groups is 2. The molecule has 0 heterocycles. The number of hydrogen-bond acceptors (Lipinski definition) is 3. The molecule has 1 atom stereocenters. The van der Waals surface area contributed by atoms with Crippen molar-refractivity contribution in [3.8, 4) is 0 Å². The molecule has 4 heteroatoms. The summed E-state index contributed by atoms with van der Waals surface area (Å²) in [7, 11) is 0. The molecule has 0 aromatic carbocycles. The van der Waals surface area contributed by atoms with Gasteiger partial charge in [-0.1, -0.05) is 6.92 Å². The molecule has 0 aliphatic carbocycles. The lowest BCUT2D eigenvalue weighted by atomic mass is 10.0. The van der Waals surface area contributed by atoms with Gasteiger partial charge in [0.05, 0.1) is 6.61 Å². The zero-order valence-electron chi connectivity index (χ0n) is 7.37. The van der Waals surface area contributed by atoms with E-state index in [1.807, 2.05) is 0 Å². The van der Waals surface area contributed by atoms with Gasteiger partial charge in [0.15, 0.2) is 0 Å². The van der Waals surface area contributed by atoms with Crippen molar-refractivity contribution in [2.75, 3.05) is 6.61 Å². The van der Waals surface area contributed by atoms with E-state index in [1.54, 1.807) is 13.8 Å². The Hall–Kier alpha value is -1.06. The minimum atomic E-state index is -0.883.